The molecule has 0 aliphatic heterocycles. The third-order valence-corrected chi connectivity index (χ3v) is 2.41. The van der Waals surface area contributed by atoms with Crippen molar-refractivity contribution in [3.63, 3.8) is 0 Å². The number of nitrogens with zero attached hydrogens (tertiary/aromatic N) is 3. The summed E-state index contributed by atoms with van der Waals surface area (Å²) in [6.45, 7) is 1.78. The summed E-state index contributed by atoms with van der Waals surface area (Å²) in [5, 5.41) is 6.88. The van der Waals surface area contributed by atoms with E-state index in [4.69, 9.17) is 5.73 Å². The molecular formula is C9H9N5OS. The molecular weight excluding hydrogens is 226 g/mol. The lowest BCUT2D eigenvalue weighted by atomic mass is 10.2. The van der Waals surface area contributed by atoms with Gasteiger partial charge in [0.15, 0.2) is 0 Å². The van der Waals surface area contributed by atoms with E-state index in [2.05, 4.69) is 19.9 Å². The monoisotopic (exact) mass is 235 g/mol. The summed E-state index contributed by atoms with van der Waals surface area (Å²) in [7, 11) is 0. The van der Waals surface area contributed by atoms with Gasteiger partial charge in [0.2, 0.25) is 0 Å². The molecule has 0 bridgehead atoms. The van der Waals surface area contributed by atoms with E-state index in [1.54, 1.807) is 13.0 Å². The van der Waals surface area contributed by atoms with E-state index in [-0.39, 0.29) is 5.91 Å². The third kappa shape index (κ3) is 2.31. The fraction of sp³-hybridized carbons (Fsp3) is 0.111. The molecule has 2 aromatic rings. The summed E-state index contributed by atoms with van der Waals surface area (Å²) < 4.78 is 3.64. The molecule has 2 aromatic heterocycles. The first-order valence-electron chi connectivity index (χ1n) is 4.48. The maximum absolute atomic E-state index is 11.8. The first-order valence-corrected chi connectivity index (χ1v) is 5.25. The molecule has 82 valence electrons. The van der Waals surface area contributed by atoms with Crippen LogP contribution in [0.4, 0.5) is 10.8 Å². The van der Waals surface area contributed by atoms with Gasteiger partial charge in [-0.1, -0.05) is 4.49 Å². The quantitative estimate of drug-likeness (QED) is 0.812. The van der Waals surface area contributed by atoms with E-state index < -0.39 is 0 Å². The Bertz CT molecular complexity index is 490. The molecule has 0 saturated carbocycles. The van der Waals surface area contributed by atoms with Gasteiger partial charge in [-0.05, 0) is 19.1 Å². The van der Waals surface area contributed by atoms with E-state index in [9.17, 15) is 4.79 Å². The Labute approximate surface area is 95.7 Å². The van der Waals surface area contributed by atoms with Gasteiger partial charge in [-0.2, -0.15) is 0 Å². The molecule has 6 nitrogen and oxygen atoms in total. The molecule has 1 amide bonds. The van der Waals surface area contributed by atoms with Crippen LogP contribution in [0, 0.1) is 6.92 Å². The van der Waals surface area contributed by atoms with Crippen molar-refractivity contribution in [3.05, 3.63) is 29.6 Å². The largest absolute Gasteiger partial charge is 0.384 e. The van der Waals surface area contributed by atoms with Gasteiger partial charge in [0.1, 0.15) is 10.8 Å². The van der Waals surface area contributed by atoms with Gasteiger partial charge in [0.05, 0.1) is 6.20 Å². The Morgan fingerprint density at radius 2 is 2.31 bits per heavy atom. The molecule has 16 heavy (non-hydrogen) atoms. The van der Waals surface area contributed by atoms with E-state index in [0.29, 0.717) is 22.1 Å². The smallest absolute Gasteiger partial charge is 0.256 e. The summed E-state index contributed by atoms with van der Waals surface area (Å²) in [5.74, 6) is 0.0795. The number of rotatable bonds is 2. The molecule has 2 heterocycles. The molecule has 0 saturated heterocycles. The number of hydrogen-bond donors (Lipinski definition) is 2. The lowest BCUT2D eigenvalue weighted by molar-refractivity contribution is 0.102. The predicted molar refractivity (Wildman–Crippen MR) is 61.2 cm³/mol. The standard InChI is InChI=1S/C9H9N5OS/c1-5-2-6(3-7(10)12-5)9(15)13-8-4-11-14-16-8/h2-4H,1H3,(H2,10,12)(H,13,15). The van der Waals surface area contributed by atoms with Crippen LogP contribution >= 0.6 is 11.5 Å². The van der Waals surface area contributed by atoms with Gasteiger partial charge >= 0.3 is 0 Å². The van der Waals surface area contributed by atoms with Crippen molar-refractivity contribution in [2.75, 3.05) is 11.1 Å². The van der Waals surface area contributed by atoms with E-state index in [1.165, 1.54) is 12.3 Å². The number of carbonyl (C=O) groups excluding carboxylic acids is 1. The Balaban J connectivity index is 2.21. The fourth-order valence-corrected chi connectivity index (χ4v) is 1.65. The number of aromatic nitrogens is 3. The van der Waals surface area contributed by atoms with Gasteiger partial charge in [0.25, 0.3) is 5.91 Å². The number of nitrogen functional groups attached to an aromatic ring is 1. The van der Waals surface area contributed by atoms with Crippen LogP contribution < -0.4 is 11.1 Å². The van der Waals surface area contributed by atoms with Crippen molar-refractivity contribution in [3.8, 4) is 0 Å². The number of anilines is 2. The SMILES string of the molecule is Cc1cc(C(=O)Nc2cnns2)cc(N)n1. The average molecular weight is 235 g/mol. The molecule has 0 aromatic carbocycles. The van der Waals surface area contributed by atoms with Crippen molar-refractivity contribution in [1.29, 1.82) is 0 Å². The fourth-order valence-electron chi connectivity index (χ4n) is 1.23. The van der Waals surface area contributed by atoms with Crippen LogP contribution in [0.25, 0.3) is 0 Å². The summed E-state index contributed by atoms with van der Waals surface area (Å²) >= 11 is 1.11. The molecule has 0 unspecified atom stereocenters. The Morgan fingerprint density at radius 3 is 2.94 bits per heavy atom. The number of hydrogen-bond acceptors (Lipinski definition) is 6. The van der Waals surface area contributed by atoms with Gasteiger partial charge in [-0.15, -0.1) is 5.10 Å². The number of nitrogens with two attached hydrogens (primary N) is 1. The molecule has 0 fully saturated rings. The summed E-state index contributed by atoms with van der Waals surface area (Å²) in [6.07, 6.45) is 1.49. The van der Waals surface area contributed by atoms with Crippen molar-refractivity contribution in [2.45, 2.75) is 6.92 Å². The summed E-state index contributed by atoms with van der Waals surface area (Å²) in [5.41, 5.74) is 6.73. The van der Waals surface area contributed by atoms with Gasteiger partial charge in [0, 0.05) is 22.8 Å². The van der Waals surface area contributed by atoms with E-state index in [1.807, 2.05) is 0 Å². The second kappa shape index (κ2) is 4.23. The maximum atomic E-state index is 11.8. The zero-order valence-corrected chi connectivity index (χ0v) is 9.28. The highest BCUT2D eigenvalue weighted by molar-refractivity contribution is 7.10. The first-order chi connectivity index (χ1) is 7.65. The van der Waals surface area contributed by atoms with Crippen LogP contribution in [0.3, 0.4) is 0 Å². The second-order valence-electron chi connectivity index (χ2n) is 3.16. The van der Waals surface area contributed by atoms with Gasteiger partial charge < -0.3 is 11.1 Å². The third-order valence-electron chi connectivity index (χ3n) is 1.83. The van der Waals surface area contributed by atoms with Gasteiger partial charge in [-0.3, -0.25) is 4.79 Å². The number of nitrogens with one attached hydrogen (secondary N) is 1. The van der Waals surface area contributed by atoms with E-state index >= 15 is 0 Å². The normalized spacial score (nSPS) is 10.1. The number of aryl methyl sites for hydroxylation is 1. The van der Waals surface area contributed by atoms with Crippen LogP contribution in [0.2, 0.25) is 0 Å². The molecule has 3 N–H and O–H groups in total. The minimum atomic E-state index is -0.247. The highest BCUT2D eigenvalue weighted by atomic mass is 32.1. The topological polar surface area (TPSA) is 93.8 Å². The molecule has 0 aliphatic carbocycles. The van der Waals surface area contributed by atoms with Crippen LogP contribution in [0.15, 0.2) is 18.3 Å². The van der Waals surface area contributed by atoms with Crippen LogP contribution in [0.1, 0.15) is 16.1 Å². The maximum Gasteiger partial charge on any atom is 0.256 e. The lowest BCUT2D eigenvalue weighted by Gasteiger charge is -2.03. The number of pyridine rings is 1. The minimum absolute atomic E-state index is 0.247. The Kier molecular flexibility index (Phi) is 2.78. The van der Waals surface area contributed by atoms with Crippen LogP contribution in [-0.2, 0) is 0 Å². The highest BCUT2D eigenvalue weighted by Crippen LogP contribution is 2.13. The van der Waals surface area contributed by atoms with Crippen molar-refractivity contribution >= 4 is 28.3 Å². The zero-order valence-electron chi connectivity index (χ0n) is 8.47. The second-order valence-corrected chi connectivity index (χ2v) is 3.94. The van der Waals surface area contributed by atoms with E-state index in [0.717, 1.165) is 11.5 Å². The Morgan fingerprint density at radius 1 is 1.50 bits per heavy atom. The molecule has 0 aliphatic rings. The van der Waals surface area contributed by atoms with Crippen molar-refractivity contribution in [2.24, 2.45) is 0 Å². The van der Waals surface area contributed by atoms with Crippen LogP contribution in [0.5, 0.6) is 0 Å². The van der Waals surface area contributed by atoms with Crippen LogP contribution in [-0.4, -0.2) is 20.5 Å². The average Bonchev–Trinajstić information content (AvgIpc) is 2.68. The summed E-state index contributed by atoms with van der Waals surface area (Å²) in [4.78, 5) is 15.8. The Hall–Kier alpha value is -2.02. The minimum Gasteiger partial charge on any atom is -0.384 e. The number of amides is 1. The van der Waals surface area contributed by atoms with Gasteiger partial charge in [-0.25, -0.2) is 4.98 Å². The molecule has 7 heteroatoms. The zero-order chi connectivity index (χ0) is 11.5. The van der Waals surface area contributed by atoms with Crippen molar-refractivity contribution < 1.29 is 4.79 Å². The molecule has 2 rings (SSSR count). The van der Waals surface area contributed by atoms with Crippen molar-refractivity contribution in [1.82, 2.24) is 14.6 Å². The molecule has 0 atom stereocenters. The number of carbonyl (C=O) groups is 1. The molecule has 0 spiro atoms. The predicted octanol–water partition coefficient (Wildman–Crippen LogP) is 1.08. The first kappa shape index (κ1) is 10.5. The summed E-state index contributed by atoms with van der Waals surface area (Å²) in [6, 6.07) is 3.19. The molecule has 0 radical (unpaired) electrons. The highest BCUT2D eigenvalue weighted by Gasteiger charge is 2.09. The lowest BCUT2D eigenvalue weighted by Crippen LogP contribution is -2.12.